The molecule has 0 spiro atoms. The summed E-state index contributed by atoms with van der Waals surface area (Å²) in [4.78, 5) is 6.69. The number of benzene rings is 2. The number of piperidine rings is 1. The van der Waals surface area contributed by atoms with Crippen molar-refractivity contribution < 1.29 is 27.5 Å². The molecule has 0 radical (unpaired) electrons. The number of alkyl halides is 3. The van der Waals surface area contributed by atoms with Gasteiger partial charge in [0.15, 0.2) is 0 Å². The predicted octanol–water partition coefficient (Wildman–Crippen LogP) is 4.78. The summed E-state index contributed by atoms with van der Waals surface area (Å²) < 4.78 is 49.3. The Kier molecular flexibility index (Phi) is 5.41. The lowest BCUT2D eigenvalue weighted by atomic mass is 9.80. The molecule has 2 atom stereocenters. The summed E-state index contributed by atoms with van der Waals surface area (Å²) in [7, 11) is 1.61. The van der Waals surface area contributed by atoms with Gasteiger partial charge in [0, 0.05) is 23.2 Å². The van der Waals surface area contributed by atoms with Gasteiger partial charge in [-0.05, 0) is 43.9 Å². The molecule has 2 aromatic carbocycles. The topological polar surface area (TPSA) is 71.6 Å². The van der Waals surface area contributed by atoms with Gasteiger partial charge in [-0.2, -0.15) is 18.2 Å². The van der Waals surface area contributed by atoms with E-state index in [0.717, 1.165) is 30.5 Å². The summed E-state index contributed by atoms with van der Waals surface area (Å²) in [6.07, 6.45) is -1.32. The number of nitrogens with zero attached hydrogens (tertiary/aromatic N) is 3. The van der Waals surface area contributed by atoms with Gasteiger partial charge in [0.25, 0.3) is 0 Å². The zero-order chi connectivity index (χ0) is 23.2. The SMILES string of the molecule is COc1ccccc1C1(O)CC2CCC(C1)N2Cc1nc(-c2ccc(C(F)(F)F)cc2)no1. The van der Waals surface area contributed by atoms with E-state index >= 15 is 0 Å². The van der Waals surface area contributed by atoms with Crippen molar-refractivity contribution in [2.45, 2.75) is 56.1 Å². The molecule has 3 aromatic rings. The molecule has 0 aliphatic carbocycles. The first-order valence-electron chi connectivity index (χ1n) is 10.9. The second kappa shape index (κ2) is 8.14. The maximum absolute atomic E-state index is 12.8. The fourth-order valence-electron chi connectivity index (χ4n) is 5.22. The van der Waals surface area contributed by atoms with Crippen LogP contribution in [-0.4, -0.2) is 39.3 Å². The molecular formula is C24H24F3N3O3. The number of aromatic nitrogens is 2. The third-order valence-electron chi connectivity index (χ3n) is 6.78. The average molecular weight is 459 g/mol. The fraction of sp³-hybridized carbons (Fsp3) is 0.417. The Bertz CT molecular complexity index is 1120. The van der Waals surface area contributed by atoms with E-state index in [2.05, 4.69) is 15.0 Å². The minimum atomic E-state index is -4.39. The quantitative estimate of drug-likeness (QED) is 0.592. The molecule has 1 N–H and O–H groups in total. The van der Waals surface area contributed by atoms with Crippen molar-refractivity contribution in [3.8, 4) is 17.1 Å². The molecule has 2 aliphatic rings. The lowest BCUT2D eigenvalue weighted by Gasteiger charge is -2.43. The Labute approximate surface area is 189 Å². The molecule has 0 saturated carbocycles. The van der Waals surface area contributed by atoms with Gasteiger partial charge in [-0.15, -0.1) is 0 Å². The molecule has 2 bridgehead atoms. The van der Waals surface area contributed by atoms with Crippen LogP contribution in [0.1, 0.15) is 42.7 Å². The molecule has 3 heterocycles. The van der Waals surface area contributed by atoms with E-state index in [1.54, 1.807) is 7.11 Å². The third-order valence-corrected chi connectivity index (χ3v) is 6.78. The van der Waals surface area contributed by atoms with Crippen LogP contribution in [0, 0.1) is 0 Å². The van der Waals surface area contributed by atoms with Crippen LogP contribution in [0.2, 0.25) is 0 Å². The highest BCUT2D eigenvalue weighted by atomic mass is 19.4. The smallest absolute Gasteiger partial charge is 0.416 e. The first-order chi connectivity index (χ1) is 15.8. The molecule has 2 fully saturated rings. The molecule has 0 amide bonds. The van der Waals surface area contributed by atoms with Crippen molar-refractivity contribution in [2.24, 2.45) is 0 Å². The monoisotopic (exact) mass is 459 g/mol. The Morgan fingerprint density at radius 1 is 1.09 bits per heavy atom. The van der Waals surface area contributed by atoms with Gasteiger partial charge in [0.2, 0.25) is 11.7 Å². The van der Waals surface area contributed by atoms with Crippen molar-refractivity contribution in [2.75, 3.05) is 7.11 Å². The summed E-state index contributed by atoms with van der Waals surface area (Å²) in [5.41, 5.74) is -0.409. The van der Waals surface area contributed by atoms with Crippen molar-refractivity contribution in [3.63, 3.8) is 0 Å². The van der Waals surface area contributed by atoms with Gasteiger partial charge in [0.1, 0.15) is 5.75 Å². The third kappa shape index (κ3) is 4.11. The lowest BCUT2D eigenvalue weighted by molar-refractivity contribution is -0.137. The molecule has 6 nitrogen and oxygen atoms in total. The van der Waals surface area contributed by atoms with Crippen LogP contribution in [0.25, 0.3) is 11.4 Å². The second-order valence-electron chi connectivity index (χ2n) is 8.78. The van der Waals surface area contributed by atoms with Crippen LogP contribution in [0.4, 0.5) is 13.2 Å². The molecule has 2 saturated heterocycles. The molecule has 174 valence electrons. The number of halogens is 3. The highest BCUT2D eigenvalue weighted by Crippen LogP contribution is 2.48. The van der Waals surface area contributed by atoms with Crippen LogP contribution < -0.4 is 4.74 Å². The second-order valence-corrected chi connectivity index (χ2v) is 8.78. The van der Waals surface area contributed by atoms with Crippen LogP contribution in [0.15, 0.2) is 53.1 Å². The van der Waals surface area contributed by atoms with Crippen molar-refractivity contribution in [1.29, 1.82) is 0 Å². The summed E-state index contributed by atoms with van der Waals surface area (Å²) in [6.45, 7) is 0.435. The Balaban J connectivity index is 1.31. The Morgan fingerprint density at radius 2 is 1.76 bits per heavy atom. The molecule has 1 aromatic heterocycles. The minimum Gasteiger partial charge on any atom is -0.496 e. The largest absolute Gasteiger partial charge is 0.496 e. The van der Waals surface area contributed by atoms with E-state index in [-0.39, 0.29) is 17.9 Å². The average Bonchev–Trinajstić information content (AvgIpc) is 3.36. The zero-order valence-corrected chi connectivity index (χ0v) is 18.0. The summed E-state index contributed by atoms with van der Waals surface area (Å²) in [5.74, 6) is 1.35. The van der Waals surface area contributed by atoms with E-state index in [1.807, 2.05) is 24.3 Å². The molecule has 2 unspecified atom stereocenters. The predicted molar refractivity (Wildman–Crippen MR) is 113 cm³/mol. The first kappa shape index (κ1) is 21.9. The normalized spacial score (nSPS) is 25.4. The van der Waals surface area contributed by atoms with Crippen LogP contribution in [0.5, 0.6) is 5.75 Å². The maximum Gasteiger partial charge on any atom is 0.416 e. The van der Waals surface area contributed by atoms with Gasteiger partial charge in [-0.25, -0.2) is 0 Å². The van der Waals surface area contributed by atoms with Crippen LogP contribution >= 0.6 is 0 Å². The van der Waals surface area contributed by atoms with E-state index in [0.29, 0.717) is 36.6 Å². The number of hydrogen-bond acceptors (Lipinski definition) is 6. The van der Waals surface area contributed by atoms with Gasteiger partial charge < -0.3 is 14.4 Å². The molecular weight excluding hydrogens is 435 g/mol. The van der Waals surface area contributed by atoms with Crippen LogP contribution in [0.3, 0.4) is 0 Å². The fourth-order valence-corrected chi connectivity index (χ4v) is 5.22. The van der Waals surface area contributed by atoms with E-state index in [9.17, 15) is 18.3 Å². The van der Waals surface area contributed by atoms with Gasteiger partial charge >= 0.3 is 6.18 Å². The van der Waals surface area contributed by atoms with Crippen molar-refractivity contribution >= 4 is 0 Å². The molecule has 5 rings (SSSR count). The van der Waals surface area contributed by atoms with Gasteiger partial charge in [-0.1, -0.05) is 35.5 Å². The lowest BCUT2D eigenvalue weighted by Crippen LogP contribution is -2.49. The van der Waals surface area contributed by atoms with Gasteiger partial charge in [-0.3, -0.25) is 4.90 Å². The summed E-state index contributed by atoms with van der Waals surface area (Å²) >= 11 is 0. The van der Waals surface area contributed by atoms with E-state index in [4.69, 9.17) is 9.26 Å². The number of para-hydroxylation sites is 1. The van der Waals surface area contributed by atoms with E-state index < -0.39 is 17.3 Å². The number of aliphatic hydroxyl groups is 1. The Hall–Kier alpha value is -2.91. The van der Waals surface area contributed by atoms with E-state index in [1.165, 1.54) is 12.1 Å². The van der Waals surface area contributed by atoms with Crippen molar-refractivity contribution in [1.82, 2.24) is 15.0 Å². The number of hydrogen-bond donors (Lipinski definition) is 1. The highest BCUT2D eigenvalue weighted by Gasteiger charge is 2.49. The van der Waals surface area contributed by atoms with Crippen LogP contribution in [-0.2, 0) is 18.3 Å². The number of fused-ring (bicyclic) bond motifs is 2. The summed E-state index contributed by atoms with van der Waals surface area (Å²) in [6, 6.07) is 12.6. The maximum atomic E-state index is 12.8. The highest BCUT2D eigenvalue weighted by molar-refractivity contribution is 5.54. The summed E-state index contributed by atoms with van der Waals surface area (Å²) in [5, 5.41) is 15.5. The number of ether oxygens (including phenoxy) is 1. The standard InChI is InChI=1S/C24H24F3N3O3/c1-32-20-5-3-2-4-19(20)23(31)12-17-10-11-18(13-23)30(17)14-21-28-22(29-33-21)15-6-8-16(9-7-15)24(25,26)27/h2-9,17-18,31H,10-14H2,1H3. The number of methoxy groups -OCH3 is 1. The van der Waals surface area contributed by atoms with Gasteiger partial charge in [0.05, 0.1) is 24.8 Å². The zero-order valence-electron chi connectivity index (χ0n) is 18.0. The molecule has 33 heavy (non-hydrogen) atoms. The van der Waals surface area contributed by atoms with Crippen molar-refractivity contribution in [3.05, 3.63) is 65.5 Å². The first-order valence-corrected chi connectivity index (χ1v) is 10.9. The Morgan fingerprint density at radius 3 is 2.39 bits per heavy atom. The minimum absolute atomic E-state index is 0.153. The molecule has 2 aliphatic heterocycles. The number of rotatable bonds is 5. The molecule has 9 heteroatoms.